The molecule has 1 aliphatic heterocycles. The maximum atomic E-state index is 12.5. The number of nitrogens with zero attached hydrogens (tertiary/aromatic N) is 1. The van der Waals surface area contributed by atoms with E-state index in [-0.39, 0.29) is 25.0 Å². The monoisotopic (exact) mass is 293 g/mol. The molecule has 0 radical (unpaired) electrons. The van der Waals surface area contributed by atoms with Crippen molar-refractivity contribution in [3.63, 3.8) is 0 Å². The first kappa shape index (κ1) is 15.3. The van der Waals surface area contributed by atoms with E-state index in [4.69, 9.17) is 14.6 Å². The molecule has 0 aromatic heterocycles. The van der Waals surface area contributed by atoms with Crippen molar-refractivity contribution in [2.24, 2.45) is 0 Å². The highest BCUT2D eigenvalue weighted by atomic mass is 16.5. The number of carbonyl (C=O) groups excluding carboxylic acids is 1. The van der Waals surface area contributed by atoms with Gasteiger partial charge in [-0.05, 0) is 24.6 Å². The highest BCUT2D eigenvalue weighted by molar-refractivity contribution is 5.84. The molecule has 1 N–H and O–H groups in total. The number of ether oxygens (including phenoxy) is 2. The molecule has 21 heavy (non-hydrogen) atoms. The zero-order chi connectivity index (χ0) is 15.4. The van der Waals surface area contributed by atoms with Crippen molar-refractivity contribution >= 4 is 11.9 Å². The van der Waals surface area contributed by atoms with E-state index in [0.29, 0.717) is 12.3 Å². The quantitative estimate of drug-likeness (QED) is 0.900. The molecule has 1 saturated heterocycles. The lowest BCUT2D eigenvalue weighted by molar-refractivity contribution is -0.159. The first-order chi connectivity index (χ1) is 10.0. The van der Waals surface area contributed by atoms with Gasteiger partial charge in [0.05, 0.1) is 26.2 Å². The van der Waals surface area contributed by atoms with Crippen molar-refractivity contribution in [1.82, 2.24) is 4.90 Å². The lowest BCUT2D eigenvalue weighted by Gasteiger charge is -2.32. The largest absolute Gasteiger partial charge is 0.497 e. The molecule has 0 bridgehead atoms. The summed E-state index contributed by atoms with van der Waals surface area (Å²) in [6, 6.07) is 7.32. The molecule has 114 valence electrons. The Bertz CT molecular complexity index is 531. The lowest BCUT2D eigenvalue weighted by Crippen LogP contribution is -2.49. The topological polar surface area (TPSA) is 76.1 Å². The first-order valence-electron chi connectivity index (χ1n) is 6.80. The first-order valence-corrected chi connectivity index (χ1v) is 6.80. The van der Waals surface area contributed by atoms with E-state index < -0.39 is 12.1 Å². The van der Waals surface area contributed by atoms with Crippen LogP contribution in [0.4, 0.5) is 0 Å². The van der Waals surface area contributed by atoms with Gasteiger partial charge in [-0.15, -0.1) is 0 Å². The predicted octanol–water partition coefficient (Wildman–Crippen LogP) is 1.11. The predicted molar refractivity (Wildman–Crippen MR) is 75.4 cm³/mol. The van der Waals surface area contributed by atoms with E-state index in [1.165, 1.54) is 0 Å². The van der Waals surface area contributed by atoms with Crippen LogP contribution in [0.5, 0.6) is 5.75 Å². The van der Waals surface area contributed by atoms with Gasteiger partial charge >= 0.3 is 5.97 Å². The second-order valence-corrected chi connectivity index (χ2v) is 4.98. The molecule has 2 rings (SSSR count). The lowest BCUT2D eigenvalue weighted by atomic mass is 9.99. The number of amides is 1. The van der Waals surface area contributed by atoms with Crippen LogP contribution < -0.4 is 4.74 Å². The third-order valence-electron chi connectivity index (χ3n) is 3.62. The van der Waals surface area contributed by atoms with Crippen LogP contribution in [0.1, 0.15) is 18.4 Å². The second kappa shape index (κ2) is 6.58. The highest BCUT2D eigenvalue weighted by Crippen LogP contribution is 2.23. The molecule has 0 saturated carbocycles. The van der Waals surface area contributed by atoms with Gasteiger partial charge in [-0.3, -0.25) is 4.79 Å². The molecule has 1 aromatic rings. The fourth-order valence-corrected chi connectivity index (χ4v) is 2.33. The zero-order valence-corrected chi connectivity index (χ0v) is 12.1. The molecule has 0 unspecified atom stereocenters. The number of rotatable bonds is 4. The zero-order valence-electron chi connectivity index (χ0n) is 12.1. The van der Waals surface area contributed by atoms with E-state index >= 15 is 0 Å². The van der Waals surface area contributed by atoms with E-state index in [1.807, 2.05) is 31.2 Å². The minimum atomic E-state index is -1.04. The summed E-state index contributed by atoms with van der Waals surface area (Å²) in [7, 11) is 1.57. The Balaban J connectivity index is 2.09. The van der Waals surface area contributed by atoms with Crippen LogP contribution in [0.2, 0.25) is 0 Å². The Labute approximate surface area is 123 Å². The molecule has 1 heterocycles. The number of hydrogen-bond acceptors (Lipinski definition) is 4. The summed E-state index contributed by atoms with van der Waals surface area (Å²) in [5, 5.41) is 8.98. The molecular formula is C15H19NO5. The molecule has 6 heteroatoms. The number of morpholine rings is 1. The van der Waals surface area contributed by atoms with E-state index in [9.17, 15) is 9.59 Å². The van der Waals surface area contributed by atoms with Gasteiger partial charge in [0.15, 0.2) is 6.10 Å². The normalized spacial score (nSPS) is 19.9. The number of carboxylic acids is 1. The van der Waals surface area contributed by atoms with E-state index in [0.717, 1.165) is 5.56 Å². The van der Waals surface area contributed by atoms with Crippen LogP contribution in [-0.2, 0) is 14.3 Å². The van der Waals surface area contributed by atoms with Crippen molar-refractivity contribution in [3.8, 4) is 5.75 Å². The van der Waals surface area contributed by atoms with Gasteiger partial charge < -0.3 is 19.5 Å². The minimum absolute atomic E-state index is 0.0858. The average molecular weight is 293 g/mol. The highest BCUT2D eigenvalue weighted by Gasteiger charge is 2.31. The van der Waals surface area contributed by atoms with Crippen LogP contribution in [-0.4, -0.2) is 54.8 Å². The summed E-state index contributed by atoms with van der Waals surface area (Å²) in [5.74, 6) is -0.801. The third-order valence-corrected chi connectivity index (χ3v) is 3.62. The van der Waals surface area contributed by atoms with Crippen molar-refractivity contribution in [3.05, 3.63) is 29.8 Å². The van der Waals surface area contributed by atoms with Gasteiger partial charge in [0.25, 0.3) is 0 Å². The molecule has 1 amide bonds. The summed E-state index contributed by atoms with van der Waals surface area (Å²) in [5.41, 5.74) is 0.845. The van der Waals surface area contributed by atoms with Crippen LogP contribution in [0.3, 0.4) is 0 Å². The van der Waals surface area contributed by atoms with Crippen molar-refractivity contribution in [2.75, 3.05) is 26.8 Å². The molecule has 0 spiro atoms. The number of carbonyl (C=O) groups is 2. The third kappa shape index (κ3) is 3.52. The Morgan fingerprint density at radius 3 is 2.90 bits per heavy atom. The van der Waals surface area contributed by atoms with Gasteiger partial charge in [0, 0.05) is 6.54 Å². The molecule has 0 aliphatic carbocycles. The molecule has 6 nitrogen and oxygen atoms in total. The van der Waals surface area contributed by atoms with Crippen LogP contribution >= 0.6 is 0 Å². The van der Waals surface area contributed by atoms with Gasteiger partial charge in [0.2, 0.25) is 5.91 Å². The maximum absolute atomic E-state index is 12.5. The maximum Gasteiger partial charge on any atom is 0.334 e. The fraction of sp³-hybridized carbons (Fsp3) is 0.467. The Morgan fingerprint density at radius 1 is 1.48 bits per heavy atom. The van der Waals surface area contributed by atoms with Gasteiger partial charge in [-0.2, -0.15) is 0 Å². The number of methoxy groups -OCH3 is 1. The smallest absolute Gasteiger partial charge is 0.334 e. The minimum Gasteiger partial charge on any atom is -0.497 e. The second-order valence-electron chi connectivity index (χ2n) is 4.98. The number of aliphatic carboxylic acids is 1. The Hall–Kier alpha value is -2.08. The summed E-state index contributed by atoms with van der Waals surface area (Å²) in [6.45, 7) is 2.55. The standard InChI is InChI=1S/C15H19NO5/c1-10(11-4-3-5-12(8-11)20-2)14(17)16-6-7-21-13(9-16)15(18)19/h3-5,8,10,13H,6-7,9H2,1-2H3,(H,18,19)/t10-,13+/m1/s1. The van der Waals surface area contributed by atoms with Crippen molar-refractivity contribution in [1.29, 1.82) is 0 Å². The Kier molecular flexibility index (Phi) is 4.80. The molecule has 2 atom stereocenters. The van der Waals surface area contributed by atoms with Crippen LogP contribution in [0.15, 0.2) is 24.3 Å². The van der Waals surface area contributed by atoms with Crippen molar-refractivity contribution in [2.45, 2.75) is 18.9 Å². The fourth-order valence-electron chi connectivity index (χ4n) is 2.33. The van der Waals surface area contributed by atoms with Gasteiger partial charge in [-0.1, -0.05) is 12.1 Å². The summed E-state index contributed by atoms with van der Waals surface area (Å²) in [6.07, 6.45) is -0.944. The molecule has 1 aromatic carbocycles. The Morgan fingerprint density at radius 2 is 2.24 bits per heavy atom. The molecule has 1 fully saturated rings. The number of carboxylic acid groups (broad SMARTS) is 1. The van der Waals surface area contributed by atoms with Crippen molar-refractivity contribution < 1.29 is 24.2 Å². The van der Waals surface area contributed by atoms with E-state index in [1.54, 1.807) is 12.0 Å². The van der Waals surface area contributed by atoms with Crippen LogP contribution in [0.25, 0.3) is 0 Å². The molecule has 1 aliphatic rings. The number of hydrogen-bond donors (Lipinski definition) is 1. The number of benzene rings is 1. The van der Waals surface area contributed by atoms with Crippen LogP contribution in [0, 0.1) is 0 Å². The van der Waals surface area contributed by atoms with E-state index in [2.05, 4.69) is 0 Å². The SMILES string of the molecule is COc1cccc([C@@H](C)C(=O)N2CCO[C@H](C(=O)O)C2)c1. The van der Waals surface area contributed by atoms with Gasteiger partial charge in [-0.25, -0.2) is 4.79 Å². The average Bonchev–Trinajstić information content (AvgIpc) is 2.53. The van der Waals surface area contributed by atoms with Gasteiger partial charge in [0.1, 0.15) is 5.75 Å². The summed E-state index contributed by atoms with van der Waals surface area (Å²) in [4.78, 5) is 25.0. The summed E-state index contributed by atoms with van der Waals surface area (Å²) < 4.78 is 10.3. The summed E-state index contributed by atoms with van der Waals surface area (Å²) >= 11 is 0. The molecular weight excluding hydrogens is 274 g/mol.